The molecule has 30 heavy (non-hydrogen) atoms. The van der Waals surface area contributed by atoms with E-state index in [1.54, 1.807) is 0 Å². The van der Waals surface area contributed by atoms with E-state index in [1.807, 2.05) is 48.5 Å². The SMILES string of the molecule is C(=Cc1ccccc1)c1ccccc1.O=[SH](=O)O.c1ccc(-c2ccccc2)cc1. The maximum Gasteiger partial charge on any atom is 0.254 e. The molecule has 0 spiro atoms. The average molecular weight is 417 g/mol. The first-order chi connectivity index (χ1) is 14.6. The third-order valence-corrected chi connectivity index (χ3v) is 3.95. The summed E-state index contributed by atoms with van der Waals surface area (Å²) >= 11 is 0. The van der Waals surface area contributed by atoms with E-state index in [4.69, 9.17) is 13.0 Å². The molecule has 152 valence electrons. The molecular formula is C26H24O3S. The molecule has 0 heterocycles. The van der Waals surface area contributed by atoms with Crippen LogP contribution >= 0.6 is 0 Å². The van der Waals surface area contributed by atoms with Gasteiger partial charge in [0.25, 0.3) is 11.0 Å². The molecule has 0 bridgehead atoms. The summed E-state index contributed by atoms with van der Waals surface area (Å²) in [6.07, 6.45) is 4.24. The summed E-state index contributed by atoms with van der Waals surface area (Å²) in [7, 11) is -3.12. The van der Waals surface area contributed by atoms with Crippen molar-refractivity contribution in [2.24, 2.45) is 0 Å². The van der Waals surface area contributed by atoms with Gasteiger partial charge in [-0.15, -0.1) is 0 Å². The van der Waals surface area contributed by atoms with Gasteiger partial charge >= 0.3 is 0 Å². The quantitative estimate of drug-likeness (QED) is 0.235. The van der Waals surface area contributed by atoms with E-state index in [1.165, 1.54) is 22.3 Å². The molecule has 0 aromatic heterocycles. The Morgan fingerprint density at radius 3 is 0.967 bits per heavy atom. The van der Waals surface area contributed by atoms with Gasteiger partial charge in [-0.3, -0.25) is 4.55 Å². The van der Waals surface area contributed by atoms with E-state index >= 15 is 0 Å². The summed E-state index contributed by atoms with van der Waals surface area (Å²) in [5.41, 5.74) is 5.02. The fraction of sp³-hybridized carbons (Fsp3) is 0. The monoisotopic (exact) mass is 416 g/mol. The smallest absolute Gasteiger partial charge is 0.254 e. The van der Waals surface area contributed by atoms with Crippen molar-refractivity contribution in [3.8, 4) is 11.1 Å². The van der Waals surface area contributed by atoms with Crippen LogP contribution in [0.4, 0.5) is 0 Å². The van der Waals surface area contributed by atoms with Crippen LogP contribution in [0.3, 0.4) is 0 Å². The maximum atomic E-state index is 8.59. The Kier molecular flexibility index (Phi) is 10.4. The molecule has 4 rings (SSSR count). The van der Waals surface area contributed by atoms with Gasteiger partial charge in [0.05, 0.1) is 0 Å². The van der Waals surface area contributed by atoms with Gasteiger partial charge in [-0.05, 0) is 22.3 Å². The van der Waals surface area contributed by atoms with Crippen LogP contribution in [0, 0.1) is 0 Å². The zero-order valence-electron chi connectivity index (χ0n) is 16.4. The first kappa shape index (κ1) is 22.8. The lowest BCUT2D eigenvalue weighted by atomic mass is 10.1. The first-order valence-electron chi connectivity index (χ1n) is 9.37. The average Bonchev–Trinajstić information content (AvgIpc) is 2.80. The van der Waals surface area contributed by atoms with Crippen LogP contribution in [0.2, 0.25) is 0 Å². The predicted octanol–water partition coefficient (Wildman–Crippen LogP) is 6.28. The Morgan fingerprint density at radius 2 is 0.700 bits per heavy atom. The summed E-state index contributed by atoms with van der Waals surface area (Å²) in [6.45, 7) is 0. The van der Waals surface area contributed by atoms with Gasteiger partial charge in [0.2, 0.25) is 0 Å². The molecule has 0 amide bonds. The summed E-state index contributed by atoms with van der Waals surface area (Å²) < 4.78 is 24.2. The van der Waals surface area contributed by atoms with Crippen molar-refractivity contribution in [3.63, 3.8) is 0 Å². The molecule has 0 atom stereocenters. The van der Waals surface area contributed by atoms with Crippen LogP contribution in [0.25, 0.3) is 23.3 Å². The Hall–Kier alpha value is -3.47. The van der Waals surface area contributed by atoms with Crippen LogP contribution in [0.1, 0.15) is 11.1 Å². The van der Waals surface area contributed by atoms with Gasteiger partial charge in [-0.25, -0.2) is 8.42 Å². The van der Waals surface area contributed by atoms with Crippen molar-refractivity contribution in [2.75, 3.05) is 0 Å². The molecule has 3 nitrogen and oxygen atoms in total. The van der Waals surface area contributed by atoms with E-state index in [0.29, 0.717) is 0 Å². The Balaban J connectivity index is 0.000000183. The molecule has 0 radical (unpaired) electrons. The van der Waals surface area contributed by atoms with Gasteiger partial charge in [0.1, 0.15) is 0 Å². The summed E-state index contributed by atoms with van der Waals surface area (Å²) in [5.74, 6) is 0. The molecule has 0 unspecified atom stereocenters. The molecule has 4 heteroatoms. The van der Waals surface area contributed by atoms with E-state index in [-0.39, 0.29) is 0 Å². The highest BCUT2D eigenvalue weighted by molar-refractivity contribution is 7.66. The first-order valence-corrected chi connectivity index (χ1v) is 10.5. The Labute approximate surface area is 179 Å². The van der Waals surface area contributed by atoms with Crippen molar-refractivity contribution >= 4 is 23.1 Å². The molecule has 4 aromatic rings. The Bertz CT molecular complexity index is 973. The molecule has 1 N–H and O–H groups in total. The molecule has 0 saturated heterocycles. The second-order valence-corrected chi connectivity index (χ2v) is 6.60. The molecule has 0 aliphatic carbocycles. The topological polar surface area (TPSA) is 54.4 Å². The van der Waals surface area contributed by atoms with Crippen molar-refractivity contribution in [1.82, 2.24) is 0 Å². The maximum absolute atomic E-state index is 8.59. The molecular weight excluding hydrogens is 392 g/mol. The van der Waals surface area contributed by atoms with Crippen molar-refractivity contribution in [2.45, 2.75) is 0 Å². The second kappa shape index (κ2) is 13.7. The van der Waals surface area contributed by atoms with Gasteiger partial charge in [-0.1, -0.05) is 133 Å². The van der Waals surface area contributed by atoms with Crippen molar-refractivity contribution < 1.29 is 13.0 Å². The van der Waals surface area contributed by atoms with Gasteiger partial charge in [-0.2, -0.15) is 0 Å². The summed E-state index contributed by atoms with van der Waals surface area (Å²) in [6, 6.07) is 41.4. The fourth-order valence-electron chi connectivity index (χ4n) is 2.58. The number of hydrogen-bond acceptors (Lipinski definition) is 2. The van der Waals surface area contributed by atoms with E-state index in [9.17, 15) is 0 Å². The third kappa shape index (κ3) is 9.64. The van der Waals surface area contributed by atoms with Crippen LogP contribution in [0.5, 0.6) is 0 Å². The lowest BCUT2D eigenvalue weighted by Gasteiger charge is -1.98. The molecule has 0 aliphatic heterocycles. The van der Waals surface area contributed by atoms with Gasteiger partial charge in [0, 0.05) is 0 Å². The van der Waals surface area contributed by atoms with Gasteiger partial charge < -0.3 is 0 Å². The number of thiol groups is 1. The minimum absolute atomic E-state index is 1.23. The fourth-order valence-corrected chi connectivity index (χ4v) is 2.58. The van der Waals surface area contributed by atoms with Gasteiger partial charge in [0.15, 0.2) is 0 Å². The highest BCUT2D eigenvalue weighted by atomic mass is 32.2. The second-order valence-electron chi connectivity index (χ2n) is 6.12. The van der Waals surface area contributed by atoms with Crippen molar-refractivity contribution in [3.05, 3.63) is 132 Å². The van der Waals surface area contributed by atoms with Crippen LogP contribution in [-0.4, -0.2) is 13.0 Å². The summed E-state index contributed by atoms with van der Waals surface area (Å²) in [4.78, 5) is 0. The zero-order valence-corrected chi connectivity index (χ0v) is 17.3. The summed E-state index contributed by atoms with van der Waals surface area (Å²) in [5, 5.41) is 0. The minimum atomic E-state index is -3.12. The largest absolute Gasteiger partial charge is 0.288 e. The Morgan fingerprint density at radius 1 is 0.467 bits per heavy atom. The standard InChI is InChI=1S/C14H12.C12H10.H2O3S/c1-3-7-13(8-4-1)11-12-14-9-5-2-6-10-14;1-3-7-11(8-4-1)12-9-5-2-6-10-12;1-4(2)3/h1-12H;1-10H;4H,(H,1,2,3). The molecule has 4 aromatic carbocycles. The van der Waals surface area contributed by atoms with E-state index in [2.05, 4.69) is 84.9 Å². The number of hydrogen-bond donors (Lipinski definition) is 2. The van der Waals surface area contributed by atoms with Crippen LogP contribution in [-0.2, 0) is 11.0 Å². The lowest BCUT2D eigenvalue weighted by Crippen LogP contribution is -1.73. The van der Waals surface area contributed by atoms with E-state index in [0.717, 1.165) is 0 Å². The molecule has 0 saturated carbocycles. The van der Waals surface area contributed by atoms with Crippen LogP contribution < -0.4 is 0 Å². The predicted molar refractivity (Wildman–Crippen MR) is 127 cm³/mol. The van der Waals surface area contributed by atoms with E-state index < -0.39 is 11.0 Å². The minimum Gasteiger partial charge on any atom is -0.288 e. The zero-order chi connectivity index (χ0) is 21.4. The number of rotatable bonds is 3. The van der Waals surface area contributed by atoms with Crippen LogP contribution in [0.15, 0.2) is 121 Å². The molecule has 0 fully saturated rings. The third-order valence-electron chi connectivity index (χ3n) is 3.95. The number of benzene rings is 4. The van der Waals surface area contributed by atoms with Crippen molar-refractivity contribution in [1.29, 1.82) is 0 Å². The lowest BCUT2D eigenvalue weighted by molar-refractivity contribution is 0.509. The highest BCUT2D eigenvalue weighted by Gasteiger charge is 1.91. The molecule has 0 aliphatic rings. The normalized spacial score (nSPS) is 9.93. The highest BCUT2D eigenvalue weighted by Crippen LogP contribution is 2.17.